The van der Waals surface area contributed by atoms with Gasteiger partial charge < -0.3 is 30.2 Å². The number of carboxylic acids is 1. The molecule has 1 aliphatic heterocycles. The van der Waals surface area contributed by atoms with Crippen LogP contribution < -0.4 is 10.6 Å². The van der Waals surface area contributed by atoms with E-state index < -0.39 is 58.9 Å². The number of nitrogens with one attached hydrogen (secondary N) is 2. The number of alkyl carbamates (subject to hydrolysis) is 1. The fraction of sp³-hybridized carbons (Fsp3) is 0.472. The van der Waals surface area contributed by atoms with Gasteiger partial charge in [0.1, 0.15) is 29.8 Å². The average Bonchev–Trinajstić information content (AvgIpc) is 3.32. The van der Waals surface area contributed by atoms with Gasteiger partial charge in [0.15, 0.2) is 0 Å². The molecule has 11 nitrogen and oxygen atoms in total. The molecule has 2 saturated carbocycles. The van der Waals surface area contributed by atoms with Gasteiger partial charge in [0.05, 0.1) is 12.8 Å². The Bertz CT molecular complexity index is 1500. The van der Waals surface area contributed by atoms with Crippen molar-refractivity contribution in [1.82, 2.24) is 15.5 Å². The van der Waals surface area contributed by atoms with E-state index in [-0.39, 0.29) is 25.5 Å². The predicted molar refractivity (Wildman–Crippen MR) is 176 cm³/mol. The van der Waals surface area contributed by atoms with Crippen LogP contribution in [0.4, 0.5) is 4.79 Å². The van der Waals surface area contributed by atoms with Gasteiger partial charge in [-0.1, -0.05) is 86.6 Å². The zero-order valence-electron chi connectivity index (χ0n) is 27.2. The first-order valence-corrected chi connectivity index (χ1v) is 16.2. The Morgan fingerprint density at radius 3 is 2.28 bits per heavy atom. The zero-order chi connectivity index (χ0) is 33.8. The summed E-state index contributed by atoms with van der Waals surface area (Å²) in [7, 11) is 0. The molecule has 0 unspecified atom stereocenters. The number of benzene rings is 2. The molecule has 2 aromatic rings. The van der Waals surface area contributed by atoms with Gasteiger partial charge in [0.25, 0.3) is 0 Å². The Morgan fingerprint density at radius 1 is 1.02 bits per heavy atom. The molecular weight excluding hydrogens is 600 g/mol. The molecule has 2 aliphatic carbocycles. The number of carbonyl (C=O) groups is 4. The van der Waals surface area contributed by atoms with Crippen LogP contribution in [0, 0.1) is 11.3 Å². The number of ether oxygens (including phenoxy) is 1. The minimum Gasteiger partial charge on any atom is -0.479 e. The largest absolute Gasteiger partial charge is 0.479 e. The fourth-order valence-corrected chi connectivity index (χ4v) is 6.38. The van der Waals surface area contributed by atoms with Crippen molar-refractivity contribution in [2.75, 3.05) is 6.54 Å². The molecule has 5 atom stereocenters. The second kappa shape index (κ2) is 14.0. The van der Waals surface area contributed by atoms with Crippen LogP contribution in [0.15, 0.2) is 72.4 Å². The highest BCUT2D eigenvalue weighted by Gasteiger charge is 2.61. The van der Waals surface area contributed by atoms with E-state index in [2.05, 4.69) is 22.4 Å². The van der Waals surface area contributed by atoms with Gasteiger partial charge >= 0.3 is 12.1 Å². The van der Waals surface area contributed by atoms with E-state index in [1.54, 1.807) is 6.21 Å². The SMILES string of the molecule is C=C[C@@H]1C[C@@]1(NC(=O)[C@@H]1C[C@@H](O/N=C/c2ccc(-c3ccccc3)cc2)CN1C(=O)[C@@H](NC(=O)OC1CCCC1)C(C)(C)C)C(=O)O. The topological polar surface area (TPSA) is 147 Å². The number of nitrogens with zero attached hydrogens (tertiary/aromatic N) is 2. The highest BCUT2D eigenvalue weighted by Crippen LogP contribution is 2.45. The monoisotopic (exact) mass is 644 g/mol. The van der Waals surface area contributed by atoms with Crippen molar-refractivity contribution in [1.29, 1.82) is 0 Å². The van der Waals surface area contributed by atoms with E-state index in [1.807, 2.05) is 75.4 Å². The van der Waals surface area contributed by atoms with Crippen molar-refractivity contribution < 1.29 is 33.9 Å². The number of carboxylic acid groups (broad SMARTS) is 1. The van der Waals surface area contributed by atoms with Gasteiger partial charge in [-0.2, -0.15) is 0 Å². The van der Waals surface area contributed by atoms with Crippen LogP contribution in [0.2, 0.25) is 0 Å². The van der Waals surface area contributed by atoms with Crippen LogP contribution in [0.25, 0.3) is 11.1 Å². The van der Waals surface area contributed by atoms with Crippen LogP contribution >= 0.6 is 0 Å². The van der Waals surface area contributed by atoms with E-state index in [4.69, 9.17) is 9.57 Å². The second-order valence-corrected chi connectivity index (χ2v) is 13.8. The lowest BCUT2D eigenvalue weighted by atomic mass is 9.85. The predicted octanol–water partition coefficient (Wildman–Crippen LogP) is 4.90. The molecule has 3 N–H and O–H groups in total. The normalized spacial score (nSPS) is 24.8. The average molecular weight is 645 g/mol. The molecule has 0 spiro atoms. The highest BCUT2D eigenvalue weighted by atomic mass is 16.6. The second-order valence-electron chi connectivity index (χ2n) is 13.8. The quantitative estimate of drug-likeness (QED) is 0.179. The molecule has 11 heteroatoms. The fourth-order valence-electron chi connectivity index (χ4n) is 6.38. The molecule has 3 fully saturated rings. The summed E-state index contributed by atoms with van der Waals surface area (Å²) in [6.07, 6.45) is 5.37. The highest BCUT2D eigenvalue weighted by molar-refractivity contribution is 5.96. The number of rotatable bonds is 11. The Balaban J connectivity index is 1.31. The molecule has 3 amide bonds. The molecule has 47 heavy (non-hydrogen) atoms. The number of aliphatic carboxylic acids is 1. The summed E-state index contributed by atoms with van der Waals surface area (Å²) >= 11 is 0. The van der Waals surface area contributed by atoms with Crippen LogP contribution in [0.3, 0.4) is 0 Å². The molecule has 2 aromatic carbocycles. The lowest BCUT2D eigenvalue weighted by molar-refractivity contribution is -0.146. The van der Waals surface area contributed by atoms with E-state index in [0.717, 1.165) is 42.4 Å². The van der Waals surface area contributed by atoms with E-state index in [9.17, 15) is 24.3 Å². The van der Waals surface area contributed by atoms with Crippen LogP contribution in [-0.2, 0) is 24.0 Å². The van der Waals surface area contributed by atoms with Crippen molar-refractivity contribution >= 4 is 30.1 Å². The summed E-state index contributed by atoms with van der Waals surface area (Å²) in [5.41, 5.74) is 0.754. The lowest BCUT2D eigenvalue weighted by Gasteiger charge is -2.35. The third-order valence-electron chi connectivity index (χ3n) is 9.26. The minimum absolute atomic E-state index is 0.0120. The van der Waals surface area contributed by atoms with E-state index in [0.29, 0.717) is 0 Å². The van der Waals surface area contributed by atoms with Crippen LogP contribution in [-0.4, -0.2) is 76.5 Å². The Kier molecular flexibility index (Phi) is 10.0. The summed E-state index contributed by atoms with van der Waals surface area (Å²) < 4.78 is 5.58. The molecule has 0 aromatic heterocycles. The molecule has 1 saturated heterocycles. The Hall–Kier alpha value is -4.67. The van der Waals surface area contributed by atoms with Gasteiger partial charge in [-0.25, -0.2) is 9.59 Å². The number of hydrogen-bond donors (Lipinski definition) is 3. The van der Waals surface area contributed by atoms with Gasteiger partial charge in [0.2, 0.25) is 11.8 Å². The Morgan fingerprint density at radius 2 is 1.68 bits per heavy atom. The third-order valence-corrected chi connectivity index (χ3v) is 9.26. The molecule has 0 bridgehead atoms. The number of likely N-dealkylation sites (tertiary alicyclic amines) is 1. The lowest BCUT2D eigenvalue weighted by Crippen LogP contribution is -2.59. The number of amides is 3. The van der Waals surface area contributed by atoms with E-state index >= 15 is 0 Å². The van der Waals surface area contributed by atoms with Crippen LogP contribution in [0.5, 0.6) is 0 Å². The van der Waals surface area contributed by atoms with Gasteiger partial charge in [0, 0.05) is 12.3 Å². The molecule has 0 radical (unpaired) electrons. The minimum atomic E-state index is -1.47. The van der Waals surface area contributed by atoms with Crippen molar-refractivity contribution in [3.63, 3.8) is 0 Å². The summed E-state index contributed by atoms with van der Waals surface area (Å²) in [4.78, 5) is 60.0. The molecular formula is C36H44N4O7. The Labute approximate surface area is 275 Å². The molecule has 1 heterocycles. The zero-order valence-corrected chi connectivity index (χ0v) is 27.2. The molecule has 3 aliphatic rings. The maximum absolute atomic E-state index is 14.2. The van der Waals surface area contributed by atoms with Gasteiger partial charge in [-0.15, -0.1) is 6.58 Å². The summed E-state index contributed by atoms with van der Waals surface area (Å²) in [6.45, 7) is 9.15. The maximum atomic E-state index is 14.2. The summed E-state index contributed by atoms with van der Waals surface area (Å²) in [5.74, 6) is -2.69. The standard InChI is InChI=1S/C36H44N4O7/c1-5-26-20-36(26,33(43)44)39-31(41)29-19-28(47-37-21-23-15-17-25(18-16-23)24-11-7-6-8-12-24)22-40(29)32(42)30(35(2,3)4)38-34(45)46-27-13-9-10-14-27/h5-8,11-12,15-18,21,26-30H,1,9-10,13-14,19-20,22H2,2-4H3,(H,38,45)(H,39,41)(H,43,44)/b37-21+/t26-,28-,29+,30-,36+/m1/s1. The summed E-state index contributed by atoms with van der Waals surface area (Å²) in [6, 6.07) is 15.7. The van der Waals surface area contributed by atoms with Gasteiger partial charge in [-0.05, 0) is 54.2 Å². The number of carbonyl (C=O) groups excluding carboxylic acids is 3. The first-order valence-electron chi connectivity index (χ1n) is 16.2. The summed E-state index contributed by atoms with van der Waals surface area (Å²) in [5, 5.41) is 19.5. The van der Waals surface area contributed by atoms with Crippen molar-refractivity contribution in [2.24, 2.45) is 16.5 Å². The third kappa shape index (κ3) is 7.84. The molecule has 250 valence electrons. The van der Waals surface area contributed by atoms with Crippen LogP contribution in [0.1, 0.15) is 64.9 Å². The first-order chi connectivity index (χ1) is 22.4. The molecule has 5 rings (SSSR count). The van der Waals surface area contributed by atoms with Gasteiger partial charge in [-0.3, -0.25) is 9.59 Å². The van der Waals surface area contributed by atoms with Crippen molar-refractivity contribution in [2.45, 2.75) is 89.1 Å². The smallest absolute Gasteiger partial charge is 0.408 e. The van der Waals surface area contributed by atoms with Crippen molar-refractivity contribution in [3.8, 4) is 11.1 Å². The van der Waals surface area contributed by atoms with Crippen molar-refractivity contribution in [3.05, 3.63) is 72.8 Å². The maximum Gasteiger partial charge on any atom is 0.408 e. The first kappa shape index (κ1) is 33.7. The number of oxime groups is 1. The number of hydrogen-bond acceptors (Lipinski definition) is 7. The van der Waals surface area contributed by atoms with E-state index in [1.165, 1.54) is 11.0 Å².